The highest BCUT2D eigenvalue weighted by atomic mass is 19.1. The van der Waals surface area contributed by atoms with Gasteiger partial charge in [-0.25, -0.2) is 4.39 Å². The largest absolute Gasteiger partial charge is 0.497 e. The molecular formula is C16H18FNO2. The van der Waals surface area contributed by atoms with Crippen LogP contribution in [0.15, 0.2) is 36.4 Å². The molecule has 0 fully saturated rings. The number of benzene rings is 2. The highest BCUT2D eigenvalue weighted by Crippen LogP contribution is 2.32. The van der Waals surface area contributed by atoms with E-state index in [0.717, 1.165) is 16.7 Å². The molecule has 0 atom stereocenters. The standard InChI is InChI=1S/C16H18FNO2/c1-18-10-12-6-13(17)4-5-16(12)11-7-14(19-2)9-15(8-11)20-3/h4-9,18H,10H2,1-3H3. The van der Waals surface area contributed by atoms with Gasteiger partial charge in [0.05, 0.1) is 14.2 Å². The van der Waals surface area contributed by atoms with E-state index >= 15 is 0 Å². The first-order valence-electron chi connectivity index (χ1n) is 6.34. The molecule has 20 heavy (non-hydrogen) atoms. The molecule has 1 N–H and O–H groups in total. The summed E-state index contributed by atoms with van der Waals surface area (Å²) < 4.78 is 23.9. The minimum atomic E-state index is -0.242. The lowest BCUT2D eigenvalue weighted by molar-refractivity contribution is 0.394. The van der Waals surface area contributed by atoms with Crippen molar-refractivity contribution in [1.82, 2.24) is 5.32 Å². The summed E-state index contributed by atoms with van der Waals surface area (Å²) in [6.45, 7) is 0.590. The second-order valence-corrected chi connectivity index (χ2v) is 4.43. The Morgan fingerprint density at radius 1 is 1.00 bits per heavy atom. The fourth-order valence-electron chi connectivity index (χ4n) is 2.14. The average molecular weight is 275 g/mol. The second-order valence-electron chi connectivity index (χ2n) is 4.43. The number of hydrogen-bond acceptors (Lipinski definition) is 3. The summed E-state index contributed by atoms with van der Waals surface area (Å²) in [4.78, 5) is 0. The minimum absolute atomic E-state index is 0.242. The maximum atomic E-state index is 13.4. The van der Waals surface area contributed by atoms with Crippen molar-refractivity contribution < 1.29 is 13.9 Å². The first-order chi connectivity index (χ1) is 9.67. The lowest BCUT2D eigenvalue weighted by Gasteiger charge is -2.12. The van der Waals surface area contributed by atoms with Crippen LogP contribution in [0.2, 0.25) is 0 Å². The molecule has 0 radical (unpaired) electrons. The molecule has 106 valence electrons. The van der Waals surface area contributed by atoms with Crippen molar-refractivity contribution in [2.24, 2.45) is 0 Å². The molecule has 0 bridgehead atoms. The maximum absolute atomic E-state index is 13.4. The Balaban J connectivity index is 2.55. The van der Waals surface area contributed by atoms with E-state index in [1.807, 2.05) is 25.2 Å². The SMILES string of the molecule is CNCc1cc(F)ccc1-c1cc(OC)cc(OC)c1. The predicted molar refractivity (Wildman–Crippen MR) is 77.7 cm³/mol. The van der Waals surface area contributed by atoms with Crippen LogP contribution in [-0.4, -0.2) is 21.3 Å². The summed E-state index contributed by atoms with van der Waals surface area (Å²) in [7, 11) is 5.05. The summed E-state index contributed by atoms with van der Waals surface area (Å²) in [5.41, 5.74) is 2.78. The third-order valence-electron chi connectivity index (χ3n) is 3.10. The molecule has 0 saturated carbocycles. The lowest BCUT2D eigenvalue weighted by Crippen LogP contribution is -2.06. The molecule has 0 unspecified atom stereocenters. The molecule has 0 aliphatic heterocycles. The predicted octanol–water partition coefficient (Wildman–Crippen LogP) is 3.23. The van der Waals surface area contributed by atoms with Gasteiger partial charge >= 0.3 is 0 Å². The van der Waals surface area contributed by atoms with E-state index in [1.54, 1.807) is 20.3 Å². The Bertz CT molecular complexity index is 577. The van der Waals surface area contributed by atoms with E-state index in [2.05, 4.69) is 5.32 Å². The summed E-state index contributed by atoms with van der Waals surface area (Å²) in [6, 6.07) is 10.4. The van der Waals surface area contributed by atoms with Gasteiger partial charge in [0.25, 0.3) is 0 Å². The molecule has 2 rings (SSSR count). The van der Waals surface area contributed by atoms with Gasteiger partial charge in [-0.2, -0.15) is 0 Å². The topological polar surface area (TPSA) is 30.5 Å². The number of methoxy groups -OCH3 is 2. The van der Waals surface area contributed by atoms with E-state index in [0.29, 0.717) is 18.0 Å². The van der Waals surface area contributed by atoms with Crippen molar-refractivity contribution >= 4 is 0 Å². The van der Waals surface area contributed by atoms with Crippen LogP contribution in [0, 0.1) is 5.82 Å². The van der Waals surface area contributed by atoms with Crippen LogP contribution in [0.5, 0.6) is 11.5 Å². The van der Waals surface area contributed by atoms with Crippen molar-refractivity contribution in [1.29, 1.82) is 0 Å². The van der Waals surface area contributed by atoms with Crippen molar-refractivity contribution in [3.63, 3.8) is 0 Å². The van der Waals surface area contributed by atoms with Gasteiger partial charge in [0, 0.05) is 12.6 Å². The Kier molecular flexibility index (Phi) is 4.58. The minimum Gasteiger partial charge on any atom is -0.497 e. The van der Waals surface area contributed by atoms with Gasteiger partial charge in [0.15, 0.2) is 0 Å². The van der Waals surface area contributed by atoms with E-state index in [-0.39, 0.29) is 5.82 Å². The quantitative estimate of drug-likeness (QED) is 0.908. The van der Waals surface area contributed by atoms with Gasteiger partial charge in [-0.05, 0) is 48.0 Å². The van der Waals surface area contributed by atoms with Gasteiger partial charge in [0.1, 0.15) is 17.3 Å². The van der Waals surface area contributed by atoms with E-state index < -0.39 is 0 Å². The molecule has 0 aromatic heterocycles. The van der Waals surface area contributed by atoms with Crippen LogP contribution in [0.3, 0.4) is 0 Å². The molecule has 2 aromatic carbocycles. The van der Waals surface area contributed by atoms with Crippen LogP contribution in [0.1, 0.15) is 5.56 Å². The highest BCUT2D eigenvalue weighted by molar-refractivity contribution is 5.70. The Hall–Kier alpha value is -2.07. The number of halogens is 1. The summed E-state index contributed by atoms with van der Waals surface area (Å²) in [5, 5.41) is 3.05. The van der Waals surface area contributed by atoms with Gasteiger partial charge < -0.3 is 14.8 Å². The molecule has 0 amide bonds. The molecule has 0 aliphatic rings. The third-order valence-corrected chi connectivity index (χ3v) is 3.10. The van der Waals surface area contributed by atoms with Crippen LogP contribution in [0.25, 0.3) is 11.1 Å². The normalized spacial score (nSPS) is 10.4. The average Bonchev–Trinajstić information content (AvgIpc) is 2.47. The molecule has 0 aliphatic carbocycles. The Morgan fingerprint density at radius 3 is 2.20 bits per heavy atom. The third kappa shape index (κ3) is 3.08. The second kappa shape index (κ2) is 6.39. The van der Waals surface area contributed by atoms with E-state index in [9.17, 15) is 4.39 Å². The molecule has 0 spiro atoms. The van der Waals surface area contributed by atoms with Gasteiger partial charge in [0.2, 0.25) is 0 Å². The first-order valence-corrected chi connectivity index (χ1v) is 6.34. The number of rotatable bonds is 5. The molecule has 4 heteroatoms. The monoisotopic (exact) mass is 275 g/mol. The molecule has 0 heterocycles. The fraction of sp³-hybridized carbons (Fsp3) is 0.250. The number of hydrogen-bond donors (Lipinski definition) is 1. The van der Waals surface area contributed by atoms with Crippen LogP contribution in [-0.2, 0) is 6.54 Å². The van der Waals surface area contributed by atoms with E-state index in [4.69, 9.17) is 9.47 Å². The maximum Gasteiger partial charge on any atom is 0.123 e. The molecule has 0 saturated heterocycles. The Labute approximate surface area is 118 Å². The summed E-state index contributed by atoms with van der Waals surface area (Å²) >= 11 is 0. The first kappa shape index (κ1) is 14.3. The molecule has 2 aromatic rings. The fourth-order valence-corrected chi connectivity index (χ4v) is 2.14. The van der Waals surface area contributed by atoms with Crippen molar-refractivity contribution in [2.45, 2.75) is 6.54 Å². The smallest absolute Gasteiger partial charge is 0.123 e. The highest BCUT2D eigenvalue weighted by Gasteiger charge is 2.09. The van der Waals surface area contributed by atoms with Crippen molar-refractivity contribution in [3.8, 4) is 22.6 Å². The van der Waals surface area contributed by atoms with Crippen LogP contribution < -0.4 is 14.8 Å². The zero-order valence-corrected chi connectivity index (χ0v) is 11.9. The summed E-state index contributed by atoms with van der Waals surface area (Å²) in [5.74, 6) is 1.17. The number of nitrogens with one attached hydrogen (secondary N) is 1. The lowest BCUT2D eigenvalue weighted by atomic mass is 9.99. The van der Waals surface area contributed by atoms with Gasteiger partial charge in [-0.3, -0.25) is 0 Å². The summed E-state index contributed by atoms with van der Waals surface area (Å²) in [6.07, 6.45) is 0. The van der Waals surface area contributed by atoms with Crippen LogP contribution >= 0.6 is 0 Å². The zero-order valence-electron chi connectivity index (χ0n) is 11.9. The molecule has 3 nitrogen and oxygen atoms in total. The number of ether oxygens (including phenoxy) is 2. The zero-order chi connectivity index (χ0) is 14.5. The Morgan fingerprint density at radius 2 is 1.65 bits per heavy atom. The van der Waals surface area contributed by atoms with Gasteiger partial charge in [-0.15, -0.1) is 0 Å². The molecular weight excluding hydrogens is 257 g/mol. The van der Waals surface area contributed by atoms with Gasteiger partial charge in [-0.1, -0.05) is 6.07 Å². The van der Waals surface area contributed by atoms with Crippen molar-refractivity contribution in [2.75, 3.05) is 21.3 Å². The van der Waals surface area contributed by atoms with Crippen LogP contribution in [0.4, 0.5) is 4.39 Å². The van der Waals surface area contributed by atoms with E-state index in [1.165, 1.54) is 12.1 Å². The van der Waals surface area contributed by atoms with Crippen molar-refractivity contribution in [3.05, 3.63) is 47.8 Å².